The minimum absolute atomic E-state index is 0.00575. The number of fused-ring (bicyclic) bond motifs is 1. The number of hydrogen-bond acceptors (Lipinski definition) is 7. The molecule has 0 bridgehead atoms. The van der Waals surface area contributed by atoms with Gasteiger partial charge in [-0.25, -0.2) is 4.98 Å². The van der Waals surface area contributed by atoms with Gasteiger partial charge in [-0.2, -0.15) is 0 Å². The van der Waals surface area contributed by atoms with Gasteiger partial charge in [0.05, 0.1) is 34.4 Å². The van der Waals surface area contributed by atoms with E-state index in [9.17, 15) is 14.9 Å². The van der Waals surface area contributed by atoms with Crippen molar-refractivity contribution in [1.29, 1.82) is 0 Å². The molecule has 1 amide bonds. The number of anilines is 1. The third-order valence-electron chi connectivity index (χ3n) is 5.10. The van der Waals surface area contributed by atoms with Crippen LogP contribution < -0.4 is 9.64 Å². The molecule has 1 saturated heterocycles. The minimum Gasteiger partial charge on any atom is -0.494 e. The Kier molecular flexibility index (Phi) is 6.69. The van der Waals surface area contributed by atoms with Crippen molar-refractivity contribution in [2.24, 2.45) is 0 Å². The van der Waals surface area contributed by atoms with E-state index in [1.807, 2.05) is 0 Å². The van der Waals surface area contributed by atoms with Crippen molar-refractivity contribution >= 4 is 56.0 Å². The largest absolute Gasteiger partial charge is 0.494 e. The van der Waals surface area contributed by atoms with E-state index in [0.29, 0.717) is 40.1 Å². The SMILES string of the molecule is COc1ccc(Cl)c2sc(N(CC3CCCO3)C(=O)/C=C\c3ccc([N+](=O)[O-])cc3)nc12. The monoisotopic (exact) mass is 473 g/mol. The molecule has 1 aromatic heterocycles. The van der Waals surface area contributed by atoms with Gasteiger partial charge in [0.2, 0.25) is 0 Å². The molecule has 2 aromatic carbocycles. The van der Waals surface area contributed by atoms with Gasteiger partial charge in [0, 0.05) is 24.8 Å². The van der Waals surface area contributed by atoms with Gasteiger partial charge in [-0.1, -0.05) is 22.9 Å². The highest BCUT2D eigenvalue weighted by Crippen LogP contribution is 2.39. The molecular weight excluding hydrogens is 454 g/mol. The van der Waals surface area contributed by atoms with Crippen LogP contribution in [0.15, 0.2) is 42.5 Å². The van der Waals surface area contributed by atoms with Gasteiger partial charge >= 0.3 is 0 Å². The molecule has 0 N–H and O–H groups in total. The summed E-state index contributed by atoms with van der Waals surface area (Å²) in [4.78, 5) is 29.8. The number of nitro benzene ring substituents is 1. The lowest BCUT2D eigenvalue weighted by Gasteiger charge is -2.21. The first-order chi connectivity index (χ1) is 15.5. The number of nitro groups is 1. The Bertz CT molecular complexity index is 1170. The number of ether oxygens (including phenoxy) is 2. The molecule has 1 aliphatic rings. The van der Waals surface area contributed by atoms with Gasteiger partial charge in [0.25, 0.3) is 11.6 Å². The third-order valence-corrected chi connectivity index (χ3v) is 6.64. The molecule has 166 valence electrons. The molecular formula is C22H20ClN3O5S. The summed E-state index contributed by atoms with van der Waals surface area (Å²) < 4.78 is 11.9. The number of aromatic nitrogens is 1. The van der Waals surface area contributed by atoms with Crippen molar-refractivity contribution in [3.8, 4) is 5.75 Å². The molecule has 1 aliphatic heterocycles. The second-order valence-corrected chi connectivity index (χ2v) is 8.57. The first kappa shape index (κ1) is 22.2. The van der Waals surface area contributed by atoms with Crippen molar-refractivity contribution in [3.63, 3.8) is 0 Å². The second-order valence-electron chi connectivity index (χ2n) is 7.19. The van der Waals surface area contributed by atoms with Gasteiger partial charge in [-0.05, 0) is 48.7 Å². The summed E-state index contributed by atoms with van der Waals surface area (Å²) in [6.07, 6.45) is 4.79. The fourth-order valence-corrected chi connectivity index (χ4v) is 4.71. The summed E-state index contributed by atoms with van der Waals surface area (Å²) in [6, 6.07) is 9.47. The van der Waals surface area contributed by atoms with E-state index in [0.717, 1.165) is 17.5 Å². The molecule has 1 unspecified atom stereocenters. The van der Waals surface area contributed by atoms with Crippen LogP contribution in [0.3, 0.4) is 0 Å². The van der Waals surface area contributed by atoms with Crippen molar-refractivity contribution in [2.45, 2.75) is 18.9 Å². The molecule has 3 aromatic rings. The molecule has 0 radical (unpaired) electrons. The topological polar surface area (TPSA) is 94.8 Å². The maximum atomic E-state index is 13.2. The molecule has 32 heavy (non-hydrogen) atoms. The van der Waals surface area contributed by atoms with Gasteiger partial charge in [-0.15, -0.1) is 0 Å². The quantitative estimate of drug-likeness (QED) is 0.269. The van der Waals surface area contributed by atoms with Crippen molar-refractivity contribution in [1.82, 2.24) is 4.98 Å². The van der Waals surface area contributed by atoms with Crippen molar-refractivity contribution < 1.29 is 19.2 Å². The van der Waals surface area contributed by atoms with Crippen LogP contribution in [-0.2, 0) is 9.53 Å². The first-order valence-electron chi connectivity index (χ1n) is 9.95. The van der Waals surface area contributed by atoms with E-state index in [2.05, 4.69) is 4.98 Å². The lowest BCUT2D eigenvalue weighted by Crippen LogP contribution is -2.36. The van der Waals surface area contributed by atoms with Crippen molar-refractivity contribution in [3.05, 3.63) is 63.2 Å². The van der Waals surface area contributed by atoms with E-state index >= 15 is 0 Å². The summed E-state index contributed by atoms with van der Waals surface area (Å²) in [5, 5.41) is 11.9. The highest BCUT2D eigenvalue weighted by Gasteiger charge is 2.26. The molecule has 10 heteroatoms. The zero-order valence-electron chi connectivity index (χ0n) is 17.2. The number of carbonyl (C=O) groups is 1. The van der Waals surface area contributed by atoms with Crippen LogP contribution >= 0.6 is 22.9 Å². The number of rotatable bonds is 7. The number of halogens is 1. The second kappa shape index (κ2) is 9.64. The van der Waals surface area contributed by atoms with E-state index in [-0.39, 0.29) is 17.7 Å². The van der Waals surface area contributed by atoms with Gasteiger partial charge in [0.15, 0.2) is 5.13 Å². The number of hydrogen-bond donors (Lipinski definition) is 0. The zero-order chi connectivity index (χ0) is 22.7. The summed E-state index contributed by atoms with van der Waals surface area (Å²) in [5.41, 5.74) is 1.27. The molecule has 1 fully saturated rings. The van der Waals surface area contributed by atoms with E-state index in [1.54, 1.807) is 42.4 Å². The molecule has 4 rings (SSSR count). The Morgan fingerprint density at radius 3 is 2.81 bits per heavy atom. The predicted molar refractivity (Wildman–Crippen MR) is 125 cm³/mol. The van der Waals surface area contributed by atoms with Gasteiger partial charge in [0.1, 0.15) is 11.3 Å². The number of amides is 1. The molecule has 8 nitrogen and oxygen atoms in total. The van der Waals surface area contributed by atoms with Crippen LogP contribution in [0.25, 0.3) is 16.3 Å². The van der Waals surface area contributed by atoms with Crippen LogP contribution in [0.2, 0.25) is 5.02 Å². The molecule has 0 saturated carbocycles. The number of carbonyl (C=O) groups excluding carboxylic acids is 1. The minimum atomic E-state index is -0.464. The van der Waals surface area contributed by atoms with E-state index in [4.69, 9.17) is 21.1 Å². The first-order valence-corrected chi connectivity index (χ1v) is 11.1. The van der Waals surface area contributed by atoms with Gasteiger partial charge < -0.3 is 9.47 Å². The van der Waals surface area contributed by atoms with Crippen LogP contribution in [0.4, 0.5) is 10.8 Å². The highest BCUT2D eigenvalue weighted by atomic mass is 35.5. The van der Waals surface area contributed by atoms with Crippen LogP contribution in [0.5, 0.6) is 5.75 Å². The maximum Gasteiger partial charge on any atom is 0.269 e. The highest BCUT2D eigenvalue weighted by molar-refractivity contribution is 7.23. The van der Waals surface area contributed by atoms with Crippen LogP contribution in [0, 0.1) is 10.1 Å². The normalized spacial score (nSPS) is 16.0. The summed E-state index contributed by atoms with van der Waals surface area (Å²) in [6.45, 7) is 1.04. The van der Waals surface area contributed by atoms with E-state index < -0.39 is 4.92 Å². The number of methoxy groups -OCH3 is 1. The molecule has 0 aliphatic carbocycles. The number of thiazole rings is 1. The fourth-order valence-electron chi connectivity index (χ4n) is 3.44. The molecule has 1 atom stereocenters. The predicted octanol–water partition coefficient (Wildman–Crippen LogP) is 5.09. The lowest BCUT2D eigenvalue weighted by atomic mass is 10.2. The summed E-state index contributed by atoms with van der Waals surface area (Å²) in [7, 11) is 1.56. The Morgan fingerprint density at radius 2 is 2.16 bits per heavy atom. The Morgan fingerprint density at radius 1 is 1.38 bits per heavy atom. The fraction of sp³-hybridized carbons (Fsp3) is 0.273. The third kappa shape index (κ3) is 4.74. The molecule has 0 spiro atoms. The van der Waals surface area contributed by atoms with Gasteiger partial charge in [-0.3, -0.25) is 19.8 Å². The number of nitrogens with zero attached hydrogens (tertiary/aromatic N) is 3. The number of benzene rings is 2. The average Bonchev–Trinajstić information content (AvgIpc) is 3.47. The zero-order valence-corrected chi connectivity index (χ0v) is 18.8. The Balaban J connectivity index is 1.64. The average molecular weight is 474 g/mol. The molecule has 2 heterocycles. The number of non-ortho nitro benzene ring substituents is 1. The summed E-state index contributed by atoms with van der Waals surface area (Å²) >= 11 is 7.67. The van der Waals surface area contributed by atoms with Crippen molar-refractivity contribution in [2.75, 3.05) is 25.2 Å². The smallest absolute Gasteiger partial charge is 0.269 e. The summed E-state index contributed by atoms with van der Waals surface area (Å²) in [5.74, 6) is 0.311. The van der Waals surface area contributed by atoms with Crippen LogP contribution in [0.1, 0.15) is 18.4 Å². The Labute approximate surface area is 193 Å². The maximum absolute atomic E-state index is 13.2. The Hall–Kier alpha value is -3.01. The standard InChI is InChI=1S/C22H20ClN3O5S/c1-30-18-10-9-17(23)21-20(18)24-22(32-21)25(13-16-3-2-12-31-16)19(27)11-6-14-4-7-15(8-5-14)26(28)29/h4-11,16H,2-3,12-13H2,1H3/b11-6-. The lowest BCUT2D eigenvalue weighted by molar-refractivity contribution is -0.384. The van der Waals surface area contributed by atoms with Crippen LogP contribution in [-0.4, -0.2) is 42.2 Å². The van der Waals surface area contributed by atoms with E-state index in [1.165, 1.54) is 29.5 Å².